The molecule has 7 heteroatoms. The maximum atomic E-state index is 14.1. The number of nitrogens with zero attached hydrogens (tertiary/aromatic N) is 3. The number of methoxy groups -OCH3 is 2. The van der Waals surface area contributed by atoms with Gasteiger partial charge in [-0.05, 0) is 50.8 Å². The van der Waals surface area contributed by atoms with Gasteiger partial charge in [0.05, 0.1) is 12.7 Å². The van der Waals surface area contributed by atoms with Crippen LogP contribution in [0, 0.1) is 6.92 Å². The lowest BCUT2D eigenvalue weighted by Crippen LogP contribution is -2.37. The number of rotatable bonds is 6. The molecule has 1 fully saturated rings. The lowest BCUT2D eigenvalue weighted by molar-refractivity contribution is 0.0367. The third-order valence-electron chi connectivity index (χ3n) is 7.19. The van der Waals surface area contributed by atoms with E-state index in [4.69, 9.17) is 14.6 Å². The lowest BCUT2D eigenvalue weighted by atomic mass is 9.87. The number of hydrogen-bond donors (Lipinski definition) is 1. The first-order valence-electron chi connectivity index (χ1n) is 12.1. The Morgan fingerprint density at radius 2 is 1.66 bits per heavy atom. The summed E-state index contributed by atoms with van der Waals surface area (Å²) >= 11 is 0. The van der Waals surface area contributed by atoms with Gasteiger partial charge in [-0.3, -0.25) is 4.79 Å². The molecule has 5 rings (SSSR count). The van der Waals surface area contributed by atoms with E-state index in [0.717, 1.165) is 65.5 Å². The van der Waals surface area contributed by atoms with Gasteiger partial charge in [0.25, 0.3) is 5.56 Å². The van der Waals surface area contributed by atoms with Crippen molar-refractivity contribution in [3.05, 3.63) is 81.8 Å². The molecular formula is C28H32N4O3. The van der Waals surface area contributed by atoms with Crippen LogP contribution >= 0.6 is 0 Å². The van der Waals surface area contributed by atoms with Crippen molar-refractivity contribution in [3.63, 3.8) is 0 Å². The Labute approximate surface area is 205 Å². The molecule has 2 aromatic heterocycles. The molecule has 1 N–H and O–H groups in total. The summed E-state index contributed by atoms with van der Waals surface area (Å²) in [7, 11) is 3.26. The van der Waals surface area contributed by atoms with E-state index in [0.29, 0.717) is 5.56 Å². The molecule has 1 aliphatic heterocycles. The molecule has 0 bridgehead atoms. The van der Waals surface area contributed by atoms with Gasteiger partial charge < -0.3 is 19.4 Å². The van der Waals surface area contributed by atoms with Crippen LogP contribution in [0.1, 0.15) is 43.0 Å². The Hall–Kier alpha value is -3.58. The van der Waals surface area contributed by atoms with Crippen LogP contribution in [-0.4, -0.2) is 41.9 Å². The number of aromatic nitrogens is 3. The third-order valence-corrected chi connectivity index (χ3v) is 7.19. The molecule has 3 heterocycles. The van der Waals surface area contributed by atoms with Gasteiger partial charge in [0.15, 0.2) is 5.65 Å². The second kappa shape index (κ2) is 9.23. The Morgan fingerprint density at radius 1 is 0.971 bits per heavy atom. The lowest BCUT2D eigenvalue weighted by Gasteiger charge is -2.30. The summed E-state index contributed by atoms with van der Waals surface area (Å²) in [6.45, 7) is 5.76. The van der Waals surface area contributed by atoms with E-state index in [-0.39, 0.29) is 5.56 Å². The largest absolute Gasteiger partial charge is 0.497 e. The summed E-state index contributed by atoms with van der Waals surface area (Å²) in [5.41, 5.74) is 4.54. The molecule has 0 amide bonds. The first-order chi connectivity index (χ1) is 17.0. The van der Waals surface area contributed by atoms with Gasteiger partial charge in [0.1, 0.15) is 22.7 Å². The van der Waals surface area contributed by atoms with Crippen LogP contribution in [0.2, 0.25) is 0 Å². The van der Waals surface area contributed by atoms with Crippen molar-refractivity contribution in [2.24, 2.45) is 0 Å². The van der Waals surface area contributed by atoms with E-state index in [1.54, 1.807) is 14.2 Å². The zero-order valence-electron chi connectivity index (χ0n) is 20.8. The van der Waals surface area contributed by atoms with Crippen molar-refractivity contribution < 1.29 is 9.47 Å². The van der Waals surface area contributed by atoms with Crippen molar-refractivity contribution in [1.29, 1.82) is 0 Å². The first kappa shape index (κ1) is 23.2. The number of aryl methyl sites for hydroxylation is 1. The molecule has 2 aromatic carbocycles. The molecule has 1 saturated heterocycles. The summed E-state index contributed by atoms with van der Waals surface area (Å²) in [4.78, 5) is 20.0. The van der Waals surface area contributed by atoms with Crippen LogP contribution in [0.3, 0.4) is 0 Å². The van der Waals surface area contributed by atoms with Gasteiger partial charge in [-0.15, -0.1) is 0 Å². The minimum atomic E-state index is -0.970. The summed E-state index contributed by atoms with van der Waals surface area (Å²) in [6.07, 6.45) is 3.49. The summed E-state index contributed by atoms with van der Waals surface area (Å²) in [6, 6.07) is 17.7. The van der Waals surface area contributed by atoms with Crippen LogP contribution < -0.4 is 15.2 Å². The van der Waals surface area contributed by atoms with Crippen LogP contribution in [0.5, 0.6) is 5.75 Å². The number of aromatic amines is 1. The molecular weight excluding hydrogens is 440 g/mol. The zero-order chi connectivity index (χ0) is 24.6. The number of H-pyrrole nitrogens is 1. The topological polar surface area (TPSA) is 71.9 Å². The highest BCUT2D eigenvalue weighted by atomic mass is 16.5. The van der Waals surface area contributed by atoms with Crippen molar-refractivity contribution >= 4 is 11.3 Å². The maximum absolute atomic E-state index is 14.1. The number of fused-ring (bicyclic) bond motifs is 1. The minimum absolute atomic E-state index is 0.183. The van der Waals surface area contributed by atoms with Crippen LogP contribution in [0.25, 0.3) is 16.9 Å². The number of hydrogen-bond acceptors (Lipinski definition) is 5. The van der Waals surface area contributed by atoms with Crippen molar-refractivity contribution in [2.75, 3.05) is 32.2 Å². The van der Waals surface area contributed by atoms with Crippen molar-refractivity contribution in [3.8, 4) is 17.0 Å². The SMILES string of the molecule is COc1ccc(C(C)(OC)c2c(C)[nH]c3c(N4CCCCC4)c(-c4ccccc4)nn3c2=O)cc1. The summed E-state index contributed by atoms with van der Waals surface area (Å²) < 4.78 is 12.9. The van der Waals surface area contributed by atoms with E-state index >= 15 is 0 Å². The minimum Gasteiger partial charge on any atom is -0.497 e. The Balaban J connectivity index is 1.75. The zero-order valence-corrected chi connectivity index (χ0v) is 20.8. The molecule has 4 aromatic rings. The predicted molar refractivity (Wildman–Crippen MR) is 139 cm³/mol. The highest BCUT2D eigenvalue weighted by Gasteiger charge is 2.36. The molecule has 182 valence electrons. The fourth-order valence-corrected chi connectivity index (χ4v) is 5.22. The van der Waals surface area contributed by atoms with Gasteiger partial charge in [0, 0.05) is 31.5 Å². The van der Waals surface area contributed by atoms with E-state index < -0.39 is 5.60 Å². The fourth-order valence-electron chi connectivity index (χ4n) is 5.22. The third kappa shape index (κ3) is 3.90. The highest BCUT2D eigenvalue weighted by molar-refractivity contribution is 5.86. The number of benzene rings is 2. The number of piperidine rings is 1. The first-order valence-corrected chi connectivity index (χ1v) is 12.1. The van der Waals surface area contributed by atoms with Crippen molar-refractivity contribution in [2.45, 2.75) is 38.7 Å². The van der Waals surface area contributed by atoms with E-state index in [1.807, 2.05) is 68.4 Å². The van der Waals surface area contributed by atoms with Crippen LogP contribution in [0.4, 0.5) is 5.69 Å². The summed E-state index contributed by atoms with van der Waals surface area (Å²) in [5, 5.41) is 4.88. The van der Waals surface area contributed by atoms with Gasteiger partial charge in [-0.25, -0.2) is 0 Å². The molecule has 0 spiro atoms. The quantitative estimate of drug-likeness (QED) is 0.432. The Morgan fingerprint density at radius 3 is 2.29 bits per heavy atom. The normalized spacial score (nSPS) is 15.8. The fraction of sp³-hybridized carbons (Fsp3) is 0.357. The summed E-state index contributed by atoms with van der Waals surface area (Å²) in [5.74, 6) is 0.749. The van der Waals surface area contributed by atoms with Crippen LogP contribution in [0.15, 0.2) is 59.4 Å². The predicted octanol–water partition coefficient (Wildman–Crippen LogP) is 4.91. The average molecular weight is 473 g/mol. The van der Waals surface area contributed by atoms with E-state index in [9.17, 15) is 4.79 Å². The second-order valence-electron chi connectivity index (χ2n) is 9.27. The Bertz CT molecular complexity index is 1390. The molecule has 1 aliphatic rings. The van der Waals surface area contributed by atoms with Gasteiger partial charge in [-0.1, -0.05) is 42.5 Å². The van der Waals surface area contributed by atoms with Crippen molar-refractivity contribution in [1.82, 2.24) is 14.6 Å². The van der Waals surface area contributed by atoms with Gasteiger partial charge >= 0.3 is 0 Å². The van der Waals surface area contributed by atoms with Crippen LogP contribution in [-0.2, 0) is 10.3 Å². The molecule has 35 heavy (non-hydrogen) atoms. The molecule has 7 nitrogen and oxygen atoms in total. The highest BCUT2D eigenvalue weighted by Crippen LogP contribution is 2.37. The smallest absolute Gasteiger partial charge is 0.281 e. The molecule has 1 atom stereocenters. The van der Waals surface area contributed by atoms with E-state index in [1.165, 1.54) is 10.9 Å². The average Bonchev–Trinajstić information content (AvgIpc) is 3.29. The van der Waals surface area contributed by atoms with Gasteiger partial charge in [0.2, 0.25) is 0 Å². The molecule has 0 aliphatic carbocycles. The number of ether oxygens (including phenoxy) is 2. The standard InChI is InChI=1S/C28H32N4O3/c1-19-23(28(2,35-4)21-13-15-22(34-3)16-14-21)27(33)32-26(29-19)25(31-17-9-6-10-18-31)24(30-32)20-11-7-5-8-12-20/h5,7-8,11-16,29H,6,9-10,17-18H2,1-4H3. The second-order valence-corrected chi connectivity index (χ2v) is 9.27. The number of nitrogens with one attached hydrogen (secondary N) is 1. The molecule has 0 saturated carbocycles. The maximum Gasteiger partial charge on any atom is 0.281 e. The Kier molecular flexibility index (Phi) is 6.11. The molecule has 0 radical (unpaired) electrons. The number of anilines is 1. The monoisotopic (exact) mass is 472 g/mol. The molecule has 1 unspecified atom stereocenters. The van der Waals surface area contributed by atoms with E-state index in [2.05, 4.69) is 9.88 Å². The van der Waals surface area contributed by atoms with Gasteiger partial charge in [-0.2, -0.15) is 9.61 Å².